The molecule has 1 aliphatic carbocycles. The number of halogens is 6. The minimum atomic E-state index is -5.61. The zero-order valence-electron chi connectivity index (χ0n) is 20.3. The molecule has 0 aliphatic heterocycles. The van der Waals surface area contributed by atoms with Crippen LogP contribution in [0, 0.1) is 0 Å². The Labute approximate surface area is 223 Å². The smallest absolute Gasteiger partial charge is 0.380 e. The predicted molar refractivity (Wildman–Crippen MR) is 142 cm³/mol. The second-order valence-electron chi connectivity index (χ2n) is 8.99. The Hall–Kier alpha value is -3.04. The number of aromatic hydroxyl groups is 1. The number of alkyl halides is 6. The second kappa shape index (κ2) is 9.31. The summed E-state index contributed by atoms with van der Waals surface area (Å²) < 4.78 is 92.1. The van der Waals surface area contributed by atoms with E-state index in [-0.39, 0.29) is 29.7 Å². The Morgan fingerprint density at radius 2 is 1.05 bits per heavy atom. The molecule has 0 radical (unpaired) electrons. The van der Waals surface area contributed by atoms with E-state index in [0.717, 1.165) is 22.7 Å². The van der Waals surface area contributed by atoms with Crippen LogP contribution < -0.4 is 0 Å². The third kappa shape index (κ3) is 3.90. The molecule has 2 aromatic heterocycles. The van der Waals surface area contributed by atoms with E-state index in [1.807, 2.05) is 0 Å². The summed E-state index contributed by atoms with van der Waals surface area (Å²) in [6, 6.07) is 17.3. The van der Waals surface area contributed by atoms with Crippen LogP contribution >= 0.6 is 22.7 Å². The van der Waals surface area contributed by atoms with Crippen LogP contribution in [0.3, 0.4) is 0 Å². The average molecular weight is 565 g/mol. The van der Waals surface area contributed by atoms with Crippen LogP contribution in [0.1, 0.15) is 34.7 Å². The van der Waals surface area contributed by atoms with Gasteiger partial charge in [-0.05, 0) is 71.5 Å². The summed E-state index contributed by atoms with van der Waals surface area (Å²) in [5, 5.41) is 9.59. The molecule has 0 spiro atoms. The zero-order chi connectivity index (χ0) is 27.5. The van der Waals surface area contributed by atoms with Gasteiger partial charge >= 0.3 is 17.8 Å². The first-order chi connectivity index (χ1) is 17.9. The van der Waals surface area contributed by atoms with Crippen molar-refractivity contribution < 1.29 is 31.4 Å². The van der Waals surface area contributed by atoms with E-state index in [1.165, 1.54) is 24.3 Å². The van der Waals surface area contributed by atoms with Crippen molar-refractivity contribution in [1.29, 1.82) is 0 Å². The first kappa shape index (κ1) is 26.6. The van der Waals surface area contributed by atoms with Gasteiger partial charge in [0.2, 0.25) is 0 Å². The quantitative estimate of drug-likeness (QED) is 0.231. The van der Waals surface area contributed by atoms with Crippen molar-refractivity contribution >= 4 is 33.8 Å². The van der Waals surface area contributed by atoms with Gasteiger partial charge in [0.1, 0.15) is 5.75 Å². The van der Waals surface area contributed by atoms with Crippen LogP contribution in [-0.2, 0) is 12.8 Å². The van der Waals surface area contributed by atoms with E-state index < -0.39 is 28.9 Å². The van der Waals surface area contributed by atoms with Crippen molar-refractivity contribution in [3.8, 4) is 26.6 Å². The highest BCUT2D eigenvalue weighted by Crippen LogP contribution is 2.66. The standard InChI is InChI=1S/C29H22F6OS2/c1-3-21-19(14-23(37-21)16-8-6-5-7-9-16)25-26(28(32,33)29(34,35)27(25,30)31)20-15-24(38-22(20)4-2)17-10-12-18(36)13-11-17/h5-15,36H,3-4H2,1-2H3. The van der Waals surface area contributed by atoms with Crippen molar-refractivity contribution in [2.24, 2.45) is 0 Å². The van der Waals surface area contributed by atoms with Crippen molar-refractivity contribution in [2.45, 2.75) is 44.5 Å². The molecule has 2 heterocycles. The summed E-state index contributed by atoms with van der Waals surface area (Å²) in [5.41, 5.74) is -1.98. The van der Waals surface area contributed by atoms with Crippen molar-refractivity contribution in [3.63, 3.8) is 0 Å². The molecule has 0 fully saturated rings. The van der Waals surface area contributed by atoms with E-state index in [9.17, 15) is 13.9 Å². The topological polar surface area (TPSA) is 20.2 Å². The lowest BCUT2D eigenvalue weighted by molar-refractivity contribution is -0.254. The van der Waals surface area contributed by atoms with Gasteiger partial charge in [0.15, 0.2) is 0 Å². The monoisotopic (exact) mass is 564 g/mol. The summed E-state index contributed by atoms with van der Waals surface area (Å²) in [5.74, 6) is -15.8. The molecule has 5 rings (SSSR count). The molecule has 1 N–H and O–H groups in total. The molecule has 0 atom stereocenters. The minimum absolute atomic E-state index is 0.00776. The van der Waals surface area contributed by atoms with E-state index >= 15 is 17.6 Å². The van der Waals surface area contributed by atoms with Crippen LogP contribution in [0.5, 0.6) is 5.75 Å². The highest BCUT2D eigenvalue weighted by atomic mass is 32.1. The lowest BCUT2D eigenvalue weighted by atomic mass is 9.93. The second-order valence-corrected chi connectivity index (χ2v) is 11.3. The summed E-state index contributed by atoms with van der Waals surface area (Å²) in [6.45, 7) is 3.34. The molecular weight excluding hydrogens is 542 g/mol. The summed E-state index contributed by atoms with van der Waals surface area (Å²) >= 11 is 2.21. The number of phenols is 1. The summed E-state index contributed by atoms with van der Waals surface area (Å²) in [7, 11) is 0. The van der Waals surface area contributed by atoms with Gasteiger partial charge in [0, 0.05) is 30.7 Å². The molecule has 0 saturated carbocycles. The predicted octanol–water partition coefficient (Wildman–Crippen LogP) is 9.80. The van der Waals surface area contributed by atoms with Gasteiger partial charge in [-0.25, -0.2) is 0 Å². The van der Waals surface area contributed by atoms with Crippen molar-refractivity contribution in [2.75, 3.05) is 0 Å². The molecule has 1 aliphatic rings. The molecule has 9 heteroatoms. The summed E-state index contributed by atoms with van der Waals surface area (Å²) in [4.78, 5) is 1.61. The first-order valence-electron chi connectivity index (χ1n) is 11.9. The minimum Gasteiger partial charge on any atom is -0.508 e. The fourth-order valence-electron chi connectivity index (χ4n) is 4.75. The van der Waals surface area contributed by atoms with Crippen LogP contribution in [-0.4, -0.2) is 22.9 Å². The normalized spacial score (nSPS) is 17.8. The van der Waals surface area contributed by atoms with Crippen molar-refractivity contribution in [1.82, 2.24) is 0 Å². The SMILES string of the molecule is CCc1sc(-c2ccccc2)cc1C1=C(c2cc(-c3ccc(O)cc3)sc2CC)C(F)(F)C(F)(F)C1(F)F. The maximum absolute atomic E-state index is 15.5. The highest BCUT2D eigenvalue weighted by Gasteiger charge is 2.80. The van der Waals surface area contributed by atoms with Gasteiger partial charge in [-0.3, -0.25) is 0 Å². The van der Waals surface area contributed by atoms with Crippen molar-refractivity contribution in [3.05, 3.63) is 87.6 Å². The third-order valence-electron chi connectivity index (χ3n) is 6.68. The van der Waals surface area contributed by atoms with Gasteiger partial charge in [-0.1, -0.05) is 44.2 Å². The molecule has 0 bridgehead atoms. The van der Waals surface area contributed by atoms with E-state index in [4.69, 9.17) is 0 Å². The maximum atomic E-state index is 15.5. The van der Waals surface area contributed by atoms with E-state index in [1.54, 1.807) is 56.3 Å². The van der Waals surface area contributed by atoms with Gasteiger partial charge in [-0.2, -0.15) is 26.3 Å². The lowest BCUT2D eigenvalue weighted by Gasteiger charge is -2.25. The number of hydrogen-bond donors (Lipinski definition) is 1. The fourth-order valence-corrected chi connectivity index (χ4v) is 6.97. The molecule has 1 nitrogen and oxygen atoms in total. The third-order valence-corrected chi connectivity index (χ3v) is 9.33. The Morgan fingerprint density at radius 1 is 0.632 bits per heavy atom. The zero-order valence-corrected chi connectivity index (χ0v) is 21.9. The van der Waals surface area contributed by atoms with Gasteiger partial charge in [0.25, 0.3) is 0 Å². The average Bonchev–Trinajstić information content (AvgIpc) is 3.54. The number of rotatable bonds is 6. The van der Waals surface area contributed by atoms with E-state index in [0.29, 0.717) is 30.6 Å². The first-order valence-corrected chi connectivity index (χ1v) is 13.6. The summed E-state index contributed by atoms with van der Waals surface area (Å²) in [6.07, 6.45) is 0.390. The number of phenolic OH excluding ortho intramolecular Hbond substituents is 1. The Bertz CT molecular complexity index is 1510. The van der Waals surface area contributed by atoms with Gasteiger partial charge in [0.05, 0.1) is 0 Å². The highest BCUT2D eigenvalue weighted by molar-refractivity contribution is 7.16. The number of aryl methyl sites for hydroxylation is 2. The lowest BCUT2D eigenvalue weighted by Crippen LogP contribution is -2.48. The fraction of sp³-hybridized carbons (Fsp3) is 0.241. The molecule has 198 valence electrons. The Balaban J connectivity index is 1.81. The molecular formula is C29H22F6OS2. The molecule has 0 saturated heterocycles. The van der Waals surface area contributed by atoms with Crippen LogP contribution in [0.25, 0.3) is 32.0 Å². The molecule has 4 aromatic rings. The maximum Gasteiger partial charge on any atom is 0.380 e. The largest absolute Gasteiger partial charge is 0.508 e. The molecule has 0 amide bonds. The molecule has 2 aromatic carbocycles. The van der Waals surface area contributed by atoms with Crippen LogP contribution in [0.4, 0.5) is 26.3 Å². The molecule has 0 unspecified atom stereocenters. The number of benzene rings is 2. The van der Waals surface area contributed by atoms with E-state index in [2.05, 4.69) is 0 Å². The number of allylic oxidation sites excluding steroid dienone is 2. The molecule has 38 heavy (non-hydrogen) atoms. The Morgan fingerprint density at radius 3 is 1.47 bits per heavy atom. The van der Waals surface area contributed by atoms with Gasteiger partial charge < -0.3 is 5.11 Å². The number of thiophene rings is 2. The van der Waals surface area contributed by atoms with Crippen LogP contribution in [0.15, 0.2) is 66.7 Å². The van der Waals surface area contributed by atoms with Gasteiger partial charge in [-0.15, -0.1) is 22.7 Å². The van der Waals surface area contributed by atoms with Crippen LogP contribution in [0.2, 0.25) is 0 Å². The Kier molecular flexibility index (Phi) is 6.51. The number of hydrogen-bond acceptors (Lipinski definition) is 3.